The van der Waals surface area contributed by atoms with Gasteiger partial charge in [0.1, 0.15) is 6.04 Å². The summed E-state index contributed by atoms with van der Waals surface area (Å²) in [6, 6.07) is -0.988. The molecule has 3 aliphatic rings. The fourth-order valence-electron chi connectivity index (χ4n) is 3.45. The molecule has 0 aromatic carbocycles. The van der Waals surface area contributed by atoms with E-state index in [2.05, 4.69) is 4.72 Å². The Morgan fingerprint density at radius 2 is 1.84 bits per heavy atom. The summed E-state index contributed by atoms with van der Waals surface area (Å²) in [4.78, 5) is 11.4. The van der Waals surface area contributed by atoms with E-state index in [0.717, 1.165) is 38.5 Å². The summed E-state index contributed by atoms with van der Waals surface area (Å²) in [5, 5.41) is 9.31. The van der Waals surface area contributed by atoms with Gasteiger partial charge in [0.2, 0.25) is 0 Å². The van der Waals surface area contributed by atoms with Gasteiger partial charge in [0, 0.05) is 12.1 Å². The minimum Gasteiger partial charge on any atom is -0.480 e. The highest BCUT2D eigenvalue weighted by molar-refractivity contribution is 7.87. The third-order valence-electron chi connectivity index (χ3n) is 4.48. The maximum absolute atomic E-state index is 12.4. The van der Waals surface area contributed by atoms with Crippen molar-refractivity contribution in [1.82, 2.24) is 9.03 Å². The molecule has 1 heterocycles. The number of hydrogen-bond donors (Lipinski definition) is 2. The van der Waals surface area contributed by atoms with Crippen molar-refractivity contribution >= 4 is 16.2 Å². The van der Waals surface area contributed by atoms with Crippen LogP contribution < -0.4 is 4.72 Å². The van der Waals surface area contributed by atoms with Crippen LogP contribution in [0.3, 0.4) is 0 Å². The third kappa shape index (κ3) is 2.51. The second-order valence-electron chi connectivity index (χ2n) is 5.93. The Hall–Kier alpha value is -0.660. The number of rotatable bonds is 4. The molecule has 0 amide bonds. The lowest BCUT2D eigenvalue weighted by Gasteiger charge is -2.32. The van der Waals surface area contributed by atoms with Gasteiger partial charge in [0.15, 0.2) is 0 Å². The molecule has 19 heavy (non-hydrogen) atoms. The molecule has 0 aromatic rings. The summed E-state index contributed by atoms with van der Waals surface area (Å²) in [5.41, 5.74) is 0. The molecule has 0 bridgehead atoms. The van der Waals surface area contributed by atoms with Crippen LogP contribution in [0, 0.1) is 5.92 Å². The number of carbonyl (C=O) groups is 1. The van der Waals surface area contributed by atoms with Crippen LogP contribution >= 0.6 is 0 Å². The number of aliphatic carboxylic acids is 1. The second-order valence-corrected chi connectivity index (χ2v) is 7.54. The largest absolute Gasteiger partial charge is 0.480 e. The van der Waals surface area contributed by atoms with Gasteiger partial charge < -0.3 is 5.11 Å². The Bertz CT molecular complexity index is 474. The molecule has 1 aliphatic heterocycles. The average Bonchev–Trinajstić information content (AvgIpc) is 3.04. The molecular weight excluding hydrogens is 268 g/mol. The van der Waals surface area contributed by atoms with Crippen LogP contribution in [0.4, 0.5) is 0 Å². The number of carboxylic acid groups (broad SMARTS) is 1. The highest BCUT2D eigenvalue weighted by Crippen LogP contribution is 2.41. The topological polar surface area (TPSA) is 86.7 Å². The Morgan fingerprint density at radius 3 is 2.47 bits per heavy atom. The number of fused-ring (bicyclic) bond motifs is 1. The lowest BCUT2D eigenvalue weighted by molar-refractivity contribution is -0.141. The van der Waals surface area contributed by atoms with E-state index >= 15 is 0 Å². The molecular formula is C12H20N2O4S. The Morgan fingerprint density at radius 1 is 1.16 bits per heavy atom. The smallest absolute Gasteiger partial charge is 0.322 e. The molecule has 3 unspecified atom stereocenters. The van der Waals surface area contributed by atoms with E-state index in [1.54, 1.807) is 0 Å². The molecule has 7 heteroatoms. The van der Waals surface area contributed by atoms with Crippen LogP contribution in [0.1, 0.15) is 44.9 Å². The molecule has 2 aliphatic carbocycles. The monoisotopic (exact) mass is 288 g/mol. The van der Waals surface area contributed by atoms with Crippen molar-refractivity contribution in [2.45, 2.75) is 63.1 Å². The summed E-state index contributed by atoms with van der Waals surface area (Å²) >= 11 is 0. The zero-order chi connectivity index (χ0) is 13.6. The van der Waals surface area contributed by atoms with Crippen molar-refractivity contribution in [3.8, 4) is 0 Å². The quantitative estimate of drug-likeness (QED) is 0.797. The Balaban J connectivity index is 1.87. The van der Waals surface area contributed by atoms with E-state index in [-0.39, 0.29) is 18.0 Å². The molecule has 3 rings (SSSR count). The Kier molecular flexibility index (Phi) is 3.31. The van der Waals surface area contributed by atoms with E-state index in [0.29, 0.717) is 6.42 Å². The minimum absolute atomic E-state index is 0.0158. The van der Waals surface area contributed by atoms with Gasteiger partial charge in [-0.05, 0) is 38.0 Å². The zero-order valence-corrected chi connectivity index (χ0v) is 11.6. The van der Waals surface area contributed by atoms with Crippen LogP contribution in [0.25, 0.3) is 0 Å². The van der Waals surface area contributed by atoms with Gasteiger partial charge in [-0.2, -0.15) is 17.4 Å². The van der Waals surface area contributed by atoms with E-state index in [1.165, 1.54) is 4.31 Å². The lowest BCUT2D eigenvalue weighted by atomic mass is 9.85. The summed E-state index contributed by atoms with van der Waals surface area (Å²) in [6.45, 7) is 0. The summed E-state index contributed by atoms with van der Waals surface area (Å²) < 4.78 is 28.7. The van der Waals surface area contributed by atoms with Gasteiger partial charge in [-0.25, -0.2) is 0 Å². The molecule has 3 fully saturated rings. The van der Waals surface area contributed by atoms with Gasteiger partial charge in [-0.1, -0.05) is 12.8 Å². The lowest BCUT2D eigenvalue weighted by Crippen LogP contribution is -2.51. The second kappa shape index (κ2) is 4.71. The molecule has 1 saturated heterocycles. The van der Waals surface area contributed by atoms with Crippen molar-refractivity contribution in [2.24, 2.45) is 5.92 Å². The highest BCUT2D eigenvalue weighted by Gasteiger charge is 2.51. The fraction of sp³-hybridized carbons (Fsp3) is 0.917. The number of nitrogens with zero attached hydrogens (tertiary/aromatic N) is 1. The van der Waals surface area contributed by atoms with Crippen molar-refractivity contribution in [1.29, 1.82) is 0 Å². The predicted octanol–water partition coefficient (Wildman–Crippen LogP) is 0.701. The van der Waals surface area contributed by atoms with Crippen LogP contribution in [0.2, 0.25) is 0 Å². The van der Waals surface area contributed by atoms with Crippen LogP contribution in [0.15, 0.2) is 0 Å². The standard InChI is InChI=1S/C12H20N2O4S/c15-12(16)11-7-8-3-1-2-4-10(8)14(11)19(17,18)13-9-5-6-9/h8-11,13H,1-7H2,(H,15,16). The predicted molar refractivity (Wildman–Crippen MR) is 68.7 cm³/mol. The number of nitrogens with one attached hydrogen (secondary N) is 1. The van der Waals surface area contributed by atoms with Crippen LogP contribution in [0.5, 0.6) is 0 Å². The molecule has 6 nitrogen and oxygen atoms in total. The molecule has 2 saturated carbocycles. The van der Waals surface area contributed by atoms with Crippen LogP contribution in [-0.2, 0) is 15.0 Å². The fourth-order valence-corrected chi connectivity index (χ4v) is 5.37. The molecule has 3 atom stereocenters. The van der Waals surface area contributed by atoms with Gasteiger partial charge in [0.05, 0.1) is 0 Å². The normalized spacial score (nSPS) is 36.1. The minimum atomic E-state index is -3.66. The van der Waals surface area contributed by atoms with Crippen molar-refractivity contribution in [3.05, 3.63) is 0 Å². The first-order valence-electron chi connectivity index (χ1n) is 7.02. The molecule has 0 aromatic heterocycles. The van der Waals surface area contributed by atoms with Crippen molar-refractivity contribution in [2.75, 3.05) is 0 Å². The van der Waals surface area contributed by atoms with E-state index < -0.39 is 22.2 Å². The molecule has 108 valence electrons. The van der Waals surface area contributed by atoms with E-state index in [9.17, 15) is 18.3 Å². The molecule has 0 spiro atoms. The van der Waals surface area contributed by atoms with Crippen molar-refractivity contribution in [3.63, 3.8) is 0 Å². The zero-order valence-electron chi connectivity index (χ0n) is 10.8. The van der Waals surface area contributed by atoms with Gasteiger partial charge >= 0.3 is 5.97 Å². The van der Waals surface area contributed by atoms with E-state index in [4.69, 9.17) is 0 Å². The summed E-state index contributed by atoms with van der Waals surface area (Å²) in [6.07, 6.45) is 5.99. The third-order valence-corrected chi connectivity index (χ3v) is 6.20. The number of carboxylic acids is 1. The first-order chi connectivity index (χ1) is 8.99. The summed E-state index contributed by atoms with van der Waals surface area (Å²) in [5.74, 6) is -0.804. The van der Waals surface area contributed by atoms with Crippen molar-refractivity contribution < 1.29 is 18.3 Å². The maximum atomic E-state index is 12.4. The highest BCUT2D eigenvalue weighted by atomic mass is 32.2. The van der Waals surface area contributed by atoms with Gasteiger partial charge in [0.25, 0.3) is 10.2 Å². The Labute approximate surface area is 113 Å². The van der Waals surface area contributed by atoms with Crippen LogP contribution in [-0.4, -0.2) is 41.9 Å². The van der Waals surface area contributed by atoms with Gasteiger partial charge in [-0.15, -0.1) is 0 Å². The SMILES string of the molecule is O=C(O)C1CC2CCCCC2N1S(=O)(=O)NC1CC1. The van der Waals surface area contributed by atoms with E-state index in [1.807, 2.05) is 0 Å². The summed E-state index contributed by atoms with van der Waals surface area (Å²) in [7, 11) is -3.66. The molecule has 0 radical (unpaired) electrons. The first-order valence-corrected chi connectivity index (χ1v) is 8.46. The molecule has 2 N–H and O–H groups in total. The van der Waals surface area contributed by atoms with Gasteiger partial charge in [-0.3, -0.25) is 4.79 Å². The number of hydrogen-bond acceptors (Lipinski definition) is 3. The first kappa shape index (κ1) is 13.3. The maximum Gasteiger partial charge on any atom is 0.322 e. The average molecular weight is 288 g/mol.